The molecular formula is H7BN2O2. The third-order valence-electron chi connectivity index (χ3n) is 0. The monoisotopic (exact) mass is 78.1 g/mol. The summed E-state index contributed by atoms with van der Waals surface area (Å²) in [5, 5.41) is 7.89. The van der Waals surface area contributed by atoms with Crippen molar-refractivity contribution in [1.82, 2.24) is 6.15 Å². The molecule has 0 amide bonds. The van der Waals surface area contributed by atoms with Gasteiger partial charge in [-0.1, -0.05) is 0 Å². The molecule has 0 aromatic carbocycles. The molecule has 0 aromatic rings. The maximum atomic E-state index is 8.11. The first-order valence-corrected chi connectivity index (χ1v) is 0.383. The second-order valence-corrected chi connectivity index (χ2v) is 0.0816. The van der Waals surface area contributed by atoms with Crippen molar-refractivity contribution in [3.8, 4) is 0 Å². The molecule has 0 fully saturated rings. The summed E-state index contributed by atoms with van der Waals surface area (Å²) >= 11 is 0. The fourth-order valence-electron chi connectivity index (χ4n) is 0. The minimum Gasteiger partial charge on any atom is -0.379 e. The summed E-state index contributed by atoms with van der Waals surface area (Å²) in [5.41, 5.74) is 0. The van der Waals surface area contributed by atoms with Crippen LogP contribution in [-0.4, -0.2) is 13.6 Å². The van der Waals surface area contributed by atoms with Gasteiger partial charge in [-0.2, -0.15) is 0 Å². The highest BCUT2D eigenvalue weighted by Gasteiger charge is 1.18. The van der Waals surface area contributed by atoms with Gasteiger partial charge in [0.25, 0.3) is 0 Å². The molecule has 0 radical (unpaired) electrons. The van der Waals surface area contributed by atoms with E-state index < -0.39 is 0 Å². The average Bonchev–Trinajstić information content (AvgIpc) is 0.918. The SMILES string of the molecule is B.N.O=NO. The van der Waals surface area contributed by atoms with Gasteiger partial charge < -0.3 is 11.4 Å². The molecule has 5 heteroatoms. The third kappa shape index (κ3) is 21.0. The number of hydrogen-bond acceptors (Lipinski definition) is 3. The Kier molecular flexibility index (Phi) is 570. The summed E-state index contributed by atoms with van der Waals surface area (Å²) in [6.45, 7) is 0. The van der Waals surface area contributed by atoms with Gasteiger partial charge in [-0.05, 0) is 0 Å². The van der Waals surface area contributed by atoms with Crippen LogP contribution in [0, 0.1) is 4.91 Å². The van der Waals surface area contributed by atoms with E-state index in [4.69, 9.17) is 10.1 Å². The van der Waals surface area contributed by atoms with Gasteiger partial charge in [-0.3, -0.25) is 0 Å². The minimum absolute atomic E-state index is 0. The third-order valence-corrected chi connectivity index (χ3v) is 0. The first kappa shape index (κ1) is 25.6. The Morgan fingerprint density at radius 1 is 1.60 bits per heavy atom. The zero-order valence-corrected chi connectivity index (χ0v) is 2.01. The number of rotatable bonds is 0. The van der Waals surface area contributed by atoms with Gasteiger partial charge in [0, 0.05) is 0 Å². The van der Waals surface area contributed by atoms with Crippen LogP contribution in [-0.2, 0) is 0 Å². The molecule has 0 atom stereocenters. The zero-order valence-electron chi connectivity index (χ0n) is 2.01. The van der Waals surface area contributed by atoms with Gasteiger partial charge in [-0.25, -0.2) is 0 Å². The molecule has 0 saturated carbocycles. The summed E-state index contributed by atoms with van der Waals surface area (Å²) in [4.78, 5) is 8.11. The van der Waals surface area contributed by atoms with E-state index >= 15 is 0 Å². The van der Waals surface area contributed by atoms with Crippen LogP contribution in [0.2, 0.25) is 0 Å². The summed E-state index contributed by atoms with van der Waals surface area (Å²) < 4.78 is 0. The van der Waals surface area contributed by atoms with Crippen LogP contribution in [0.4, 0.5) is 0 Å². The summed E-state index contributed by atoms with van der Waals surface area (Å²) in [5.74, 6) is 0. The molecule has 32 valence electrons. The Bertz CT molecular complexity index is 15.1. The molecule has 0 heterocycles. The molecule has 5 heavy (non-hydrogen) atoms. The maximum absolute atomic E-state index is 8.11. The van der Waals surface area contributed by atoms with Gasteiger partial charge in [0.15, 0.2) is 5.34 Å². The highest BCUT2D eigenvalue weighted by Crippen LogP contribution is 1.25. The number of nitrogens with zero attached hydrogens (tertiary/aromatic N) is 1. The van der Waals surface area contributed by atoms with Crippen LogP contribution in [0.25, 0.3) is 0 Å². The van der Waals surface area contributed by atoms with E-state index in [9.17, 15) is 0 Å². The Hall–Kier alpha value is -0.575. The second-order valence-electron chi connectivity index (χ2n) is 0.0816. The lowest BCUT2D eigenvalue weighted by molar-refractivity contribution is 0.312. The van der Waals surface area contributed by atoms with E-state index in [2.05, 4.69) is 0 Å². The van der Waals surface area contributed by atoms with Crippen molar-refractivity contribution in [1.29, 1.82) is 0 Å². The lowest BCUT2D eigenvalue weighted by atomic mass is 10.8. The smallest absolute Gasteiger partial charge is 0.152 e. The molecule has 0 aliphatic heterocycles. The van der Waals surface area contributed by atoms with Crippen molar-refractivity contribution in [3.05, 3.63) is 4.91 Å². The lowest BCUT2D eigenvalue weighted by Crippen LogP contribution is -1.25. The van der Waals surface area contributed by atoms with Crippen LogP contribution in [0.1, 0.15) is 0 Å². The quantitative estimate of drug-likeness (QED) is 0.224. The predicted octanol–water partition coefficient (Wildman–Crippen LogP) is -0.880. The zero-order chi connectivity index (χ0) is 2.71. The minimum atomic E-state index is 0. The van der Waals surface area contributed by atoms with E-state index in [1.165, 1.54) is 5.34 Å². The summed E-state index contributed by atoms with van der Waals surface area (Å²) in [6.07, 6.45) is 0. The predicted molar refractivity (Wildman–Crippen MR) is 22.5 cm³/mol. The van der Waals surface area contributed by atoms with Crippen molar-refractivity contribution in [3.63, 3.8) is 0 Å². The van der Waals surface area contributed by atoms with Crippen LogP contribution in [0.3, 0.4) is 0 Å². The molecule has 0 aromatic heterocycles. The molecule has 0 unspecified atom stereocenters. The second kappa shape index (κ2) is 112. The lowest BCUT2D eigenvalue weighted by Gasteiger charge is -1.32. The molecule has 0 saturated heterocycles. The average molecular weight is 77.9 g/mol. The Morgan fingerprint density at radius 3 is 1.60 bits per heavy atom. The highest BCUT2D eigenvalue weighted by atomic mass is 16.6. The molecule has 0 aliphatic rings. The van der Waals surface area contributed by atoms with Crippen molar-refractivity contribution in [2.45, 2.75) is 0 Å². The van der Waals surface area contributed by atoms with Gasteiger partial charge in [0.05, 0.1) is 8.41 Å². The van der Waals surface area contributed by atoms with Crippen LogP contribution in [0.5, 0.6) is 0 Å². The van der Waals surface area contributed by atoms with E-state index in [0.717, 1.165) is 0 Å². The molecule has 0 aliphatic carbocycles. The summed E-state index contributed by atoms with van der Waals surface area (Å²) in [7, 11) is 0. The van der Waals surface area contributed by atoms with Crippen molar-refractivity contribution in [2.75, 3.05) is 0 Å². The first-order chi connectivity index (χ1) is 1.41. The molecule has 4 N–H and O–H groups in total. The Morgan fingerprint density at radius 2 is 1.60 bits per heavy atom. The molecule has 0 rings (SSSR count). The Labute approximate surface area is 31.3 Å². The molecule has 0 spiro atoms. The first-order valence-electron chi connectivity index (χ1n) is 0.383. The van der Waals surface area contributed by atoms with E-state index in [1.807, 2.05) is 0 Å². The van der Waals surface area contributed by atoms with Gasteiger partial charge in [-0.15, -0.1) is 4.91 Å². The van der Waals surface area contributed by atoms with E-state index in [-0.39, 0.29) is 14.6 Å². The fourth-order valence-corrected chi connectivity index (χ4v) is 0. The maximum Gasteiger partial charge on any atom is 0.152 e. The normalized spacial score (nSPS) is 2.40. The molecule has 4 nitrogen and oxygen atoms in total. The van der Waals surface area contributed by atoms with Crippen molar-refractivity contribution < 1.29 is 5.21 Å². The Balaban J connectivity index is -0.0000000200. The van der Waals surface area contributed by atoms with Gasteiger partial charge >= 0.3 is 0 Å². The van der Waals surface area contributed by atoms with Crippen LogP contribution < -0.4 is 6.15 Å². The standard InChI is InChI=1S/BH3.HNO2.H3N/c;2-1-3;/h1H3;(H,2,3);1H3. The van der Waals surface area contributed by atoms with Crippen LogP contribution >= 0.6 is 0 Å². The van der Waals surface area contributed by atoms with Crippen molar-refractivity contribution >= 4 is 8.41 Å². The summed E-state index contributed by atoms with van der Waals surface area (Å²) in [6, 6.07) is 0. The van der Waals surface area contributed by atoms with Crippen molar-refractivity contribution in [2.24, 2.45) is 5.34 Å². The topological polar surface area (TPSA) is 84.7 Å². The molecule has 0 bridgehead atoms. The van der Waals surface area contributed by atoms with E-state index in [1.54, 1.807) is 0 Å². The fraction of sp³-hybridized carbons (Fsp3) is 0. The molecular weight excluding hydrogens is 70.8 g/mol. The van der Waals surface area contributed by atoms with Gasteiger partial charge in [0.1, 0.15) is 0 Å². The highest BCUT2D eigenvalue weighted by molar-refractivity contribution is 5.75. The van der Waals surface area contributed by atoms with E-state index in [0.29, 0.717) is 0 Å². The van der Waals surface area contributed by atoms with Gasteiger partial charge in [0.2, 0.25) is 0 Å². The number of hydrogen-bond donors (Lipinski definition) is 2. The largest absolute Gasteiger partial charge is 0.379 e. The van der Waals surface area contributed by atoms with Crippen LogP contribution in [0.15, 0.2) is 5.34 Å².